The van der Waals surface area contributed by atoms with Crippen molar-refractivity contribution < 1.29 is 74.9 Å². The Kier molecular flexibility index (Phi) is 32.2. The first-order chi connectivity index (χ1) is 68.5. The Hall–Kier alpha value is -13.1. The van der Waals surface area contributed by atoms with E-state index in [-0.39, 0.29) is 99.2 Å². The number of para-hydroxylation sites is 1. The van der Waals surface area contributed by atoms with Crippen molar-refractivity contribution in [3.05, 3.63) is 280 Å². The molecule has 4 N–H and O–H groups in total. The van der Waals surface area contributed by atoms with Gasteiger partial charge in [0, 0.05) is 233 Å². The minimum atomic E-state index is -3.77. The van der Waals surface area contributed by atoms with Crippen molar-refractivity contribution >= 4 is 192 Å². The van der Waals surface area contributed by atoms with Gasteiger partial charge >= 0.3 is 0 Å². The fourth-order valence-corrected chi connectivity index (χ4v) is 24.8. The van der Waals surface area contributed by atoms with Gasteiger partial charge in [-0.3, -0.25) is 38.1 Å². The predicted molar refractivity (Wildman–Crippen MR) is 571 cm³/mol. The second-order valence-corrected chi connectivity index (χ2v) is 45.3. The molecule has 14 aromatic rings. The number of fused-ring (bicyclic) bond motifs is 3. The molecule has 33 nitrogen and oxygen atoms in total. The number of ether oxygens (including phenoxy) is 1. The molecular weight excluding hydrogens is 2010 g/mol. The zero-order valence-electron chi connectivity index (χ0n) is 79.0. The van der Waals surface area contributed by atoms with Gasteiger partial charge in [-0.05, 0) is 236 Å². The van der Waals surface area contributed by atoms with E-state index in [1.165, 1.54) is 82.4 Å². The molecule has 44 heteroatoms. The van der Waals surface area contributed by atoms with Crippen LogP contribution in [0.2, 0.25) is 10.0 Å². The highest BCUT2D eigenvalue weighted by Gasteiger charge is 2.37. The first kappa shape index (κ1) is 103. The van der Waals surface area contributed by atoms with Crippen LogP contribution in [0.5, 0.6) is 5.75 Å². The topological polar surface area (TPSA) is 366 Å². The highest BCUT2D eigenvalue weighted by Crippen LogP contribution is 2.36. The standard InChI is InChI=1S/C27H31ClN6O3S.C25H26FN5O3S2.C25H27N5O3S2.C22H22ClFN4O4S2.6H2/c1-19-16-26(30-18-29-19)31-38(36,37)24-8-6-23(7-9-24)32-12-14-33(15-13-32)27(35)20(2)34-11-3-4-21-17-22(28)5-10-25(21)34;1-17-16-29(21-4-6-22(7-5-21)36(33,34)28-25-27-10-14-35-25)12-13-30(17)24(32)18(2)31-11-9-19-15-20(26)3-8-23(19)31;1-18-15-20-5-3-4-6-23(20)30(18)17-24(31)29-13-12-28(16-19(29)2)21-7-9-22(10-8-21)35(32,33)27-25-26-11-14-34-25;1-15-13-27(9-10-28(15)21(29)14-32-17-4-7-20(24)19(23)12-17)16-2-5-18(6-3-16)34(30,31)26-22-25-8-11-33-22;;;;;;/h5-10,16-18,20H,3-4,11-15H2,1-2H3,(H,29,30,31);3-11,14-15,17-18H,12-13,16H2,1-2H3,(H,27,28);3-11,14-15,19H,12-13,16-17H2,1-2H3,(H,26,27);2-8,11-12,15H,9-10,13-14H2,1H3,(H,25,26);6*1H/t20-;;;15-;;;;;;/m1..0....../s1. The summed E-state index contributed by atoms with van der Waals surface area (Å²) in [6, 6.07) is 54.3. The lowest BCUT2D eigenvalue weighted by Crippen LogP contribution is -2.55. The number of aryl methyl sites for hydroxylation is 3. The van der Waals surface area contributed by atoms with Gasteiger partial charge in [-0.2, -0.15) is 0 Å². The number of benzene rings is 8. The fraction of sp³-hybridized carbons (Fsp3) is 0.303. The molecule has 5 aliphatic heterocycles. The minimum Gasteiger partial charge on any atom is -0.484 e. The van der Waals surface area contributed by atoms with Gasteiger partial charge < -0.3 is 58.0 Å². The first-order valence-electron chi connectivity index (χ1n) is 46.1. The maximum Gasteiger partial charge on any atom is 0.263 e. The molecule has 0 aliphatic carbocycles. The van der Waals surface area contributed by atoms with Crippen LogP contribution in [0.4, 0.5) is 58.4 Å². The number of thiazole rings is 3. The summed E-state index contributed by atoms with van der Waals surface area (Å²) < 4.78 is 147. The van der Waals surface area contributed by atoms with Crippen molar-refractivity contribution in [2.45, 2.75) is 118 Å². The van der Waals surface area contributed by atoms with Crippen molar-refractivity contribution in [2.24, 2.45) is 0 Å². The monoisotopic (exact) mass is 2130 g/mol. The Morgan fingerprint density at radius 2 is 0.958 bits per heavy atom. The van der Waals surface area contributed by atoms with Crippen molar-refractivity contribution in [2.75, 3.05) is 142 Å². The van der Waals surface area contributed by atoms with E-state index in [1.54, 1.807) is 137 Å². The molecule has 5 atom stereocenters. The number of halogens is 4. The number of rotatable bonds is 25. The number of aromatic nitrogens is 7. The van der Waals surface area contributed by atoms with Gasteiger partial charge in [-0.25, -0.2) is 67.4 Å². The second kappa shape index (κ2) is 44.8. The van der Waals surface area contributed by atoms with E-state index in [1.807, 2.05) is 115 Å². The summed E-state index contributed by atoms with van der Waals surface area (Å²) in [7, 11) is -14.9. The number of anilines is 9. The molecule has 0 radical (unpaired) electrons. The number of carbonyl (C=O) groups is 4. The fourth-order valence-electron chi connectivity index (χ4n) is 18.0. The number of nitrogens with zero attached hydrogens (tertiary/aromatic N) is 16. The quantitative estimate of drug-likeness (QED) is 0.0413. The molecule has 19 rings (SSSR count). The zero-order chi connectivity index (χ0) is 101. The van der Waals surface area contributed by atoms with E-state index in [2.05, 4.69) is 91.9 Å². The summed E-state index contributed by atoms with van der Waals surface area (Å²) in [4.78, 5) is 91.4. The Labute approximate surface area is 859 Å². The Morgan fingerprint density at radius 3 is 1.45 bits per heavy atom. The normalized spacial score (nSPS) is 16.7. The highest BCUT2D eigenvalue weighted by atomic mass is 35.5. The Balaban J connectivity index is 0.000000201. The Morgan fingerprint density at radius 1 is 0.476 bits per heavy atom. The van der Waals surface area contributed by atoms with Gasteiger partial charge in [0.2, 0.25) is 17.7 Å². The van der Waals surface area contributed by atoms with Crippen molar-refractivity contribution in [3.8, 4) is 5.75 Å². The van der Waals surface area contributed by atoms with Crippen molar-refractivity contribution in [1.29, 1.82) is 0 Å². The predicted octanol–water partition coefficient (Wildman–Crippen LogP) is 17.3. The summed E-state index contributed by atoms with van der Waals surface area (Å²) in [5.74, 6) is -0.229. The number of amides is 4. The smallest absolute Gasteiger partial charge is 0.263 e. The maximum absolute atomic E-state index is 13.6. The number of carbonyl (C=O) groups excluding carboxylic acids is 4. The van der Waals surface area contributed by atoms with Crippen LogP contribution in [0.3, 0.4) is 0 Å². The van der Waals surface area contributed by atoms with E-state index >= 15 is 0 Å². The maximum atomic E-state index is 13.6. The third kappa shape index (κ3) is 24.9. The molecule has 0 saturated carbocycles. The average molecular weight is 2130 g/mol. The molecule has 762 valence electrons. The molecule has 143 heavy (non-hydrogen) atoms. The number of hydrogen-bond acceptors (Lipinski definition) is 26. The Bertz CT molecular complexity index is 7390. The number of hydrogen-bond donors (Lipinski definition) is 4. The summed E-state index contributed by atoms with van der Waals surface area (Å²) in [6.07, 6.45) is 9.75. The molecule has 11 heterocycles. The molecule has 4 saturated heterocycles. The number of nitrogens with one attached hydrogen (secondary N) is 4. The SMILES string of the molecule is CC1CN(c2ccc(S(=O)(=O)Nc3nccs3)cc2)CCN1C(=O)C(C)n1ccc2cc(F)ccc21.C[C@H]1CN(c2ccc(S(=O)(=O)Nc3nccs3)cc2)CCN1C(=O)COc1ccc(F)c(Cl)c1.Cc1cc(NS(=O)(=O)c2ccc(N3CCN(C(=O)[C@@H](C)N4CCCc5cc(Cl)ccc54)CC3)cc2)ncn1.Cc1cc2ccccc2n1CC(=O)N1CCN(c2ccc(S(=O)(=O)Nc3nccs3)cc2)CC1C.[HH].[HH].[HH].[HH].[HH].[HH]. The van der Waals surface area contributed by atoms with Gasteiger partial charge in [-0.1, -0.05) is 41.4 Å². The lowest BCUT2D eigenvalue weighted by atomic mass is 10.00. The van der Waals surface area contributed by atoms with Gasteiger partial charge in [0.05, 0.1) is 24.6 Å². The van der Waals surface area contributed by atoms with E-state index in [0.29, 0.717) is 118 Å². The lowest BCUT2D eigenvalue weighted by molar-refractivity contribution is -0.137. The molecule has 8 aromatic carbocycles. The number of sulfonamides is 4. The van der Waals surface area contributed by atoms with Crippen LogP contribution >= 0.6 is 57.2 Å². The van der Waals surface area contributed by atoms with Gasteiger partial charge in [0.1, 0.15) is 48.2 Å². The molecule has 3 unspecified atom stereocenters. The van der Waals surface area contributed by atoms with Gasteiger partial charge in [0.15, 0.2) is 22.0 Å². The largest absolute Gasteiger partial charge is 0.484 e. The molecule has 5 aliphatic rings. The molecule has 4 amide bonds. The average Bonchev–Trinajstić information content (AvgIpc) is 1.75. The van der Waals surface area contributed by atoms with Crippen LogP contribution < -0.4 is 48.1 Å². The summed E-state index contributed by atoms with van der Waals surface area (Å²) in [5, 5.41) is 8.65. The van der Waals surface area contributed by atoms with Crippen LogP contribution in [-0.2, 0) is 72.2 Å². The van der Waals surface area contributed by atoms with Crippen LogP contribution in [-0.4, -0.2) is 233 Å². The lowest BCUT2D eigenvalue weighted by Gasteiger charge is -2.42. The van der Waals surface area contributed by atoms with Crippen molar-refractivity contribution in [1.82, 2.24) is 53.7 Å². The third-order valence-electron chi connectivity index (χ3n) is 25.5. The van der Waals surface area contributed by atoms with Crippen molar-refractivity contribution in [3.63, 3.8) is 0 Å². The molecule has 4 fully saturated rings. The summed E-state index contributed by atoms with van der Waals surface area (Å²) in [5.41, 5.74) is 9.55. The molecule has 0 bridgehead atoms. The minimum absolute atomic E-state index is 0. The van der Waals surface area contributed by atoms with Crippen LogP contribution in [0.25, 0.3) is 21.8 Å². The van der Waals surface area contributed by atoms with Crippen LogP contribution in [0.15, 0.2) is 261 Å². The summed E-state index contributed by atoms with van der Waals surface area (Å²) in [6.45, 7) is 22.7. The zero-order valence-corrected chi connectivity index (χ0v) is 86.3. The summed E-state index contributed by atoms with van der Waals surface area (Å²) >= 11 is 15.6. The second-order valence-electron chi connectivity index (χ2n) is 35.0. The number of piperazine rings is 4. The van der Waals surface area contributed by atoms with E-state index in [0.717, 1.165) is 80.3 Å². The van der Waals surface area contributed by atoms with Crippen LogP contribution in [0.1, 0.15) is 72.6 Å². The molecular formula is C99H118Cl2F2N20O13S7. The van der Waals surface area contributed by atoms with Crippen LogP contribution in [0, 0.1) is 25.5 Å². The van der Waals surface area contributed by atoms with E-state index in [4.69, 9.17) is 27.9 Å². The molecule has 6 aromatic heterocycles. The molecule has 0 spiro atoms. The van der Waals surface area contributed by atoms with E-state index < -0.39 is 52.0 Å². The third-order valence-corrected chi connectivity index (χ3v) is 33.9. The van der Waals surface area contributed by atoms with Gasteiger partial charge in [0.25, 0.3) is 46.0 Å². The van der Waals surface area contributed by atoms with Gasteiger partial charge in [-0.15, -0.1) is 34.0 Å². The highest BCUT2D eigenvalue weighted by molar-refractivity contribution is 7.93. The van der Waals surface area contributed by atoms with E-state index in [9.17, 15) is 61.6 Å². The first-order valence-corrected chi connectivity index (χ1v) is 55.4.